The van der Waals surface area contributed by atoms with Crippen molar-refractivity contribution in [2.24, 2.45) is 0 Å². The van der Waals surface area contributed by atoms with E-state index in [0.29, 0.717) is 5.69 Å². The minimum absolute atomic E-state index is 0.246. The van der Waals surface area contributed by atoms with Crippen molar-refractivity contribution >= 4 is 11.7 Å². The lowest BCUT2D eigenvalue weighted by molar-refractivity contribution is 0.0697. The molecule has 0 aliphatic rings. The van der Waals surface area contributed by atoms with Crippen LogP contribution in [0.25, 0.3) is 11.3 Å². The molecule has 0 fully saturated rings. The predicted molar refractivity (Wildman–Crippen MR) is 71.0 cm³/mol. The largest absolute Gasteiger partial charge is 0.478 e. The molecule has 1 aromatic carbocycles. The van der Waals surface area contributed by atoms with E-state index in [-0.39, 0.29) is 5.56 Å². The average Bonchev–Trinajstić information content (AvgIpc) is 2.39. The van der Waals surface area contributed by atoms with Crippen LogP contribution in [0, 0.1) is 0 Å². The van der Waals surface area contributed by atoms with Crippen LogP contribution in [0.5, 0.6) is 0 Å². The predicted octanol–water partition coefficient (Wildman–Crippen LogP) is 2.51. The number of anilines is 1. The number of aromatic carboxylic acids is 1. The van der Waals surface area contributed by atoms with Crippen LogP contribution in [0.4, 0.5) is 5.69 Å². The van der Waals surface area contributed by atoms with E-state index in [1.165, 1.54) is 12.3 Å². The lowest BCUT2D eigenvalue weighted by Gasteiger charge is -2.13. The molecule has 1 N–H and O–H groups in total. The Morgan fingerprint density at radius 1 is 1.22 bits per heavy atom. The molecule has 92 valence electrons. The number of aromatic nitrogens is 1. The lowest BCUT2D eigenvalue weighted by atomic mass is 10.1. The van der Waals surface area contributed by atoms with Crippen LogP contribution < -0.4 is 4.90 Å². The van der Waals surface area contributed by atoms with Gasteiger partial charge in [-0.3, -0.25) is 4.98 Å². The number of carboxylic acid groups (broad SMARTS) is 1. The fraction of sp³-hybridized carbons (Fsp3) is 0.143. The third kappa shape index (κ3) is 2.48. The third-order valence-electron chi connectivity index (χ3n) is 2.67. The van der Waals surface area contributed by atoms with Crippen LogP contribution in [0.1, 0.15) is 10.4 Å². The lowest BCUT2D eigenvalue weighted by Crippen LogP contribution is -2.08. The number of pyridine rings is 1. The van der Waals surface area contributed by atoms with E-state index in [4.69, 9.17) is 5.11 Å². The minimum Gasteiger partial charge on any atom is -0.478 e. The van der Waals surface area contributed by atoms with Gasteiger partial charge < -0.3 is 10.0 Å². The summed E-state index contributed by atoms with van der Waals surface area (Å²) in [5.74, 6) is -0.942. The van der Waals surface area contributed by atoms with Gasteiger partial charge in [-0.2, -0.15) is 0 Å². The van der Waals surface area contributed by atoms with Crippen LogP contribution in [-0.2, 0) is 0 Å². The highest BCUT2D eigenvalue weighted by Crippen LogP contribution is 2.22. The first-order valence-corrected chi connectivity index (χ1v) is 5.55. The molecule has 4 heteroatoms. The van der Waals surface area contributed by atoms with Crippen LogP contribution in [0.15, 0.2) is 42.6 Å². The van der Waals surface area contributed by atoms with Gasteiger partial charge in [0.15, 0.2) is 0 Å². The van der Waals surface area contributed by atoms with Crippen molar-refractivity contribution in [3.8, 4) is 11.3 Å². The molecule has 0 unspecified atom stereocenters. The maximum atomic E-state index is 10.9. The number of carbonyl (C=O) groups is 1. The Labute approximate surface area is 106 Å². The average molecular weight is 242 g/mol. The summed E-state index contributed by atoms with van der Waals surface area (Å²) in [5, 5.41) is 8.96. The molecule has 0 aliphatic heterocycles. The van der Waals surface area contributed by atoms with E-state index in [9.17, 15) is 4.79 Å². The molecule has 0 radical (unpaired) electrons. The van der Waals surface area contributed by atoms with Crippen LogP contribution >= 0.6 is 0 Å². The molecule has 0 saturated carbocycles. The topological polar surface area (TPSA) is 53.4 Å². The normalized spacial score (nSPS) is 10.1. The first-order valence-electron chi connectivity index (χ1n) is 5.55. The highest BCUT2D eigenvalue weighted by molar-refractivity contribution is 5.88. The van der Waals surface area contributed by atoms with Crippen LogP contribution in [0.3, 0.4) is 0 Å². The maximum Gasteiger partial charge on any atom is 0.335 e. The molecule has 0 saturated heterocycles. The van der Waals surface area contributed by atoms with Crippen molar-refractivity contribution in [2.75, 3.05) is 19.0 Å². The van der Waals surface area contributed by atoms with Gasteiger partial charge in [0, 0.05) is 31.5 Å². The first kappa shape index (κ1) is 12.1. The maximum absolute atomic E-state index is 10.9. The van der Waals surface area contributed by atoms with Gasteiger partial charge in [-0.25, -0.2) is 4.79 Å². The van der Waals surface area contributed by atoms with E-state index < -0.39 is 5.97 Å². The number of carboxylic acids is 1. The smallest absolute Gasteiger partial charge is 0.335 e. The van der Waals surface area contributed by atoms with Crippen molar-refractivity contribution in [2.45, 2.75) is 0 Å². The molecule has 0 spiro atoms. The number of benzene rings is 1. The summed E-state index contributed by atoms with van der Waals surface area (Å²) >= 11 is 0. The Morgan fingerprint density at radius 2 is 2.00 bits per heavy atom. The van der Waals surface area contributed by atoms with Gasteiger partial charge in [-0.15, -0.1) is 0 Å². The second-order valence-electron chi connectivity index (χ2n) is 4.18. The molecule has 0 bridgehead atoms. The van der Waals surface area contributed by atoms with Gasteiger partial charge >= 0.3 is 5.97 Å². The van der Waals surface area contributed by atoms with Gasteiger partial charge in [0.05, 0.1) is 11.3 Å². The van der Waals surface area contributed by atoms with Crippen molar-refractivity contribution in [1.82, 2.24) is 4.98 Å². The molecule has 2 rings (SSSR count). The Morgan fingerprint density at radius 3 is 2.67 bits per heavy atom. The Kier molecular flexibility index (Phi) is 3.28. The summed E-state index contributed by atoms with van der Waals surface area (Å²) < 4.78 is 0. The summed E-state index contributed by atoms with van der Waals surface area (Å²) in [5.41, 5.74) is 2.87. The number of hydrogen-bond acceptors (Lipinski definition) is 3. The van der Waals surface area contributed by atoms with Crippen molar-refractivity contribution in [1.29, 1.82) is 0 Å². The molecule has 0 atom stereocenters. The second-order valence-corrected chi connectivity index (χ2v) is 4.18. The second kappa shape index (κ2) is 4.87. The number of rotatable bonds is 3. The van der Waals surface area contributed by atoms with Gasteiger partial charge in [0.1, 0.15) is 0 Å². The van der Waals surface area contributed by atoms with Gasteiger partial charge in [-0.05, 0) is 24.3 Å². The van der Waals surface area contributed by atoms with Crippen molar-refractivity contribution in [3.05, 3.63) is 48.2 Å². The molecule has 0 aliphatic carbocycles. The molecule has 1 aromatic heterocycles. The molecule has 1 heterocycles. The molecular formula is C14H14N2O2. The van der Waals surface area contributed by atoms with E-state index in [2.05, 4.69) is 4.98 Å². The zero-order valence-corrected chi connectivity index (χ0v) is 10.3. The molecule has 18 heavy (non-hydrogen) atoms. The Bertz CT molecular complexity index is 580. The minimum atomic E-state index is -0.942. The van der Waals surface area contributed by atoms with Crippen molar-refractivity contribution < 1.29 is 9.90 Å². The third-order valence-corrected chi connectivity index (χ3v) is 2.67. The first-order chi connectivity index (χ1) is 8.58. The van der Waals surface area contributed by atoms with Crippen LogP contribution in [0.2, 0.25) is 0 Å². The zero-order valence-electron chi connectivity index (χ0n) is 10.3. The number of nitrogens with zero attached hydrogens (tertiary/aromatic N) is 2. The SMILES string of the molecule is CN(C)c1cccc(-c2cc(C(=O)O)ccn2)c1. The fourth-order valence-corrected chi connectivity index (χ4v) is 1.66. The zero-order chi connectivity index (χ0) is 13.1. The fourth-order valence-electron chi connectivity index (χ4n) is 1.66. The van der Waals surface area contributed by atoms with E-state index in [1.807, 2.05) is 43.3 Å². The van der Waals surface area contributed by atoms with E-state index >= 15 is 0 Å². The molecule has 4 nitrogen and oxygen atoms in total. The van der Waals surface area contributed by atoms with Crippen LogP contribution in [-0.4, -0.2) is 30.2 Å². The Hall–Kier alpha value is -2.36. The summed E-state index contributed by atoms with van der Waals surface area (Å²) in [7, 11) is 3.92. The molecular weight excluding hydrogens is 228 g/mol. The standard InChI is InChI=1S/C14H14N2O2/c1-16(2)12-5-3-4-10(8-12)13-9-11(14(17)18)6-7-15-13/h3-9H,1-2H3,(H,17,18). The molecule has 0 amide bonds. The number of hydrogen-bond donors (Lipinski definition) is 1. The summed E-state index contributed by atoms with van der Waals surface area (Å²) in [6, 6.07) is 10.9. The van der Waals surface area contributed by atoms with E-state index in [1.54, 1.807) is 6.07 Å². The van der Waals surface area contributed by atoms with Gasteiger partial charge in [0.2, 0.25) is 0 Å². The monoisotopic (exact) mass is 242 g/mol. The quantitative estimate of drug-likeness (QED) is 0.898. The summed E-state index contributed by atoms with van der Waals surface area (Å²) in [6.45, 7) is 0. The highest BCUT2D eigenvalue weighted by Gasteiger charge is 2.06. The van der Waals surface area contributed by atoms with Gasteiger partial charge in [-0.1, -0.05) is 12.1 Å². The summed E-state index contributed by atoms with van der Waals surface area (Å²) in [4.78, 5) is 17.1. The highest BCUT2D eigenvalue weighted by atomic mass is 16.4. The van der Waals surface area contributed by atoms with E-state index in [0.717, 1.165) is 11.3 Å². The molecule has 2 aromatic rings. The summed E-state index contributed by atoms with van der Waals surface area (Å²) in [6.07, 6.45) is 1.52. The van der Waals surface area contributed by atoms with Gasteiger partial charge in [0.25, 0.3) is 0 Å². The Balaban J connectivity index is 2.45. The van der Waals surface area contributed by atoms with Crippen molar-refractivity contribution in [3.63, 3.8) is 0 Å².